The van der Waals surface area contributed by atoms with Gasteiger partial charge in [0.1, 0.15) is 11.7 Å². The van der Waals surface area contributed by atoms with Crippen LogP contribution in [-0.4, -0.2) is 31.4 Å². The number of amides is 1. The van der Waals surface area contributed by atoms with Crippen LogP contribution in [0.5, 0.6) is 5.75 Å². The van der Waals surface area contributed by atoms with Crippen LogP contribution in [0.3, 0.4) is 0 Å². The monoisotopic (exact) mass is 547 g/mol. The van der Waals surface area contributed by atoms with Gasteiger partial charge < -0.3 is 14.4 Å². The Hall–Kier alpha value is -4.97. The van der Waals surface area contributed by atoms with Crippen LogP contribution in [0, 0.1) is 0 Å². The van der Waals surface area contributed by atoms with E-state index in [1.165, 1.54) is 6.08 Å². The number of carbonyl (C=O) groups excluding carboxylic acids is 3. The fraction of sp³-hybridized carbons (Fsp3) is 0.171. The molecule has 6 heteroatoms. The molecule has 0 aliphatic heterocycles. The molecule has 41 heavy (non-hydrogen) atoms. The van der Waals surface area contributed by atoms with Crippen LogP contribution in [0.4, 0.5) is 5.69 Å². The second-order valence-corrected chi connectivity index (χ2v) is 9.30. The maximum Gasteiger partial charge on any atom is 0.330 e. The summed E-state index contributed by atoms with van der Waals surface area (Å²) < 4.78 is 10.4. The van der Waals surface area contributed by atoms with Gasteiger partial charge in [0.2, 0.25) is 5.91 Å². The predicted octanol–water partition coefficient (Wildman–Crippen LogP) is 6.95. The Kier molecular flexibility index (Phi) is 10.2. The highest BCUT2D eigenvalue weighted by atomic mass is 16.5. The Morgan fingerprint density at radius 1 is 0.756 bits per heavy atom. The molecular weight excluding hydrogens is 514 g/mol. The van der Waals surface area contributed by atoms with Crippen LogP contribution in [0.25, 0.3) is 0 Å². The molecule has 208 valence electrons. The molecule has 0 fully saturated rings. The maximum absolute atomic E-state index is 14.8. The molecule has 2 atom stereocenters. The van der Waals surface area contributed by atoms with Gasteiger partial charge in [0.05, 0.1) is 19.8 Å². The largest absolute Gasteiger partial charge is 0.497 e. The first kappa shape index (κ1) is 29.0. The Morgan fingerprint density at radius 3 is 1.88 bits per heavy atom. The Bertz CT molecular complexity index is 1450. The molecule has 0 aromatic heterocycles. The molecule has 0 radical (unpaired) electrons. The van der Waals surface area contributed by atoms with Gasteiger partial charge in [0.15, 0.2) is 5.78 Å². The third kappa shape index (κ3) is 7.37. The maximum atomic E-state index is 14.8. The molecule has 0 spiro atoms. The number of anilines is 1. The van der Waals surface area contributed by atoms with Crippen LogP contribution in [0.15, 0.2) is 127 Å². The second-order valence-electron chi connectivity index (χ2n) is 9.30. The van der Waals surface area contributed by atoms with E-state index >= 15 is 0 Å². The summed E-state index contributed by atoms with van der Waals surface area (Å²) in [5.74, 6) is -1.59. The lowest BCUT2D eigenvalue weighted by atomic mass is 9.88. The van der Waals surface area contributed by atoms with Crippen molar-refractivity contribution in [3.05, 3.63) is 144 Å². The van der Waals surface area contributed by atoms with Crippen molar-refractivity contribution in [2.75, 3.05) is 18.6 Å². The highest BCUT2D eigenvalue weighted by Gasteiger charge is 2.37. The number of methoxy groups -OCH3 is 1. The van der Waals surface area contributed by atoms with Crippen LogP contribution in [0.2, 0.25) is 0 Å². The van der Waals surface area contributed by atoms with Crippen LogP contribution < -0.4 is 9.64 Å². The SMILES string of the molecule is CCOC(=O)/C=C/CC(c1ccccc1)N(C(=O)C(C(=O)c1ccccc1)c1ccccc1)c1ccc(OC)cc1. The summed E-state index contributed by atoms with van der Waals surface area (Å²) in [6.45, 7) is 2.01. The lowest BCUT2D eigenvalue weighted by Gasteiger charge is -2.34. The number of ether oxygens (including phenoxy) is 2. The van der Waals surface area contributed by atoms with Gasteiger partial charge in [-0.1, -0.05) is 97.1 Å². The molecule has 4 aromatic carbocycles. The molecule has 2 unspecified atom stereocenters. The van der Waals surface area contributed by atoms with E-state index in [-0.39, 0.29) is 18.3 Å². The van der Waals surface area contributed by atoms with Crippen molar-refractivity contribution < 1.29 is 23.9 Å². The van der Waals surface area contributed by atoms with Crippen LogP contribution in [-0.2, 0) is 14.3 Å². The smallest absolute Gasteiger partial charge is 0.330 e. The summed E-state index contributed by atoms with van der Waals surface area (Å²) in [5.41, 5.74) is 2.49. The number of nitrogens with zero attached hydrogens (tertiary/aromatic N) is 1. The molecule has 0 aliphatic rings. The van der Waals surface area contributed by atoms with Crippen molar-refractivity contribution in [2.45, 2.75) is 25.3 Å². The fourth-order valence-corrected chi connectivity index (χ4v) is 4.71. The van der Waals surface area contributed by atoms with Crippen LogP contribution in [0.1, 0.15) is 46.8 Å². The van der Waals surface area contributed by atoms with E-state index in [0.29, 0.717) is 29.0 Å². The summed E-state index contributed by atoms with van der Waals surface area (Å²) in [7, 11) is 1.58. The number of hydrogen-bond acceptors (Lipinski definition) is 5. The van der Waals surface area contributed by atoms with Crippen molar-refractivity contribution >= 4 is 23.3 Å². The molecule has 0 N–H and O–H groups in total. The number of benzene rings is 4. The average molecular weight is 548 g/mol. The first-order valence-electron chi connectivity index (χ1n) is 13.5. The van der Waals surface area contributed by atoms with Crippen LogP contribution >= 0.6 is 0 Å². The van der Waals surface area contributed by atoms with Gasteiger partial charge in [0, 0.05) is 17.3 Å². The molecule has 4 rings (SSSR count). The van der Waals surface area contributed by atoms with E-state index in [1.807, 2.05) is 54.6 Å². The van der Waals surface area contributed by atoms with Gasteiger partial charge in [0.25, 0.3) is 0 Å². The lowest BCUT2D eigenvalue weighted by molar-refractivity contribution is -0.137. The van der Waals surface area contributed by atoms with Crippen molar-refractivity contribution in [2.24, 2.45) is 0 Å². The number of rotatable bonds is 12. The highest BCUT2D eigenvalue weighted by molar-refractivity contribution is 6.18. The lowest BCUT2D eigenvalue weighted by Crippen LogP contribution is -2.41. The van der Waals surface area contributed by atoms with Gasteiger partial charge >= 0.3 is 5.97 Å². The molecule has 0 saturated heterocycles. The van der Waals surface area contributed by atoms with Crippen molar-refractivity contribution in [1.82, 2.24) is 0 Å². The number of esters is 1. The van der Waals surface area contributed by atoms with Gasteiger partial charge in [-0.3, -0.25) is 9.59 Å². The summed E-state index contributed by atoms with van der Waals surface area (Å²) >= 11 is 0. The number of hydrogen-bond donors (Lipinski definition) is 0. The fourth-order valence-electron chi connectivity index (χ4n) is 4.71. The van der Waals surface area contributed by atoms with Crippen molar-refractivity contribution in [3.8, 4) is 5.75 Å². The van der Waals surface area contributed by atoms with E-state index in [2.05, 4.69) is 0 Å². The van der Waals surface area contributed by atoms with E-state index in [4.69, 9.17) is 9.47 Å². The van der Waals surface area contributed by atoms with E-state index in [1.54, 1.807) is 85.7 Å². The van der Waals surface area contributed by atoms with Crippen molar-refractivity contribution in [1.29, 1.82) is 0 Å². The minimum Gasteiger partial charge on any atom is -0.497 e. The molecular formula is C35H33NO5. The minimum absolute atomic E-state index is 0.266. The quantitative estimate of drug-likeness (QED) is 0.0831. The zero-order valence-electron chi connectivity index (χ0n) is 23.2. The summed E-state index contributed by atoms with van der Waals surface area (Å²) in [6, 6.07) is 34.2. The van der Waals surface area contributed by atoms with Gasteiger partial charge in [-0.15, -0.1) is 0 Å². The molecule has 0 bridgehead atoms. The van der Waals surface area contributed by atoms with Gasteiger partial charge in [-0.2, -0.15) is 0 Å². The van der Waals surface area contributed by atoms with E-state index in [0.717, 1.165) is 5.56 Å². The highest BCUT2D eigenvalue weighted by Crippen LogP contribution is 2.36. The number of Topliss-reactive ketones (excluding diaryl/α,β-unsaturated/α-hetero) is 1. The summed E-state index contributed by atoms with van der Waals surface area (Å²) in [6.07, 6.45) is 3.39. The molecule has 0 aliphatic carbocycles. The Labute approximate surface area is 240 Å². The minimum atomic E-state index is -1.10. The summed E-state index contributed by atoms with van der Waals surface area (Å²) in [5, 5.41) is 0. The van der Waals surface area contributed by atoms with Gasteiger partial charge in [-0.05, 0) is 48.7 Å². The molecule has 0 saturated carbocycles. The standard InChI is InChI=1S/C35H33NO5/c1-3-41-32(37)21-13-20-31(26-14-7-4-8-15-26)36(29-22-24-30(40-2)25-23-29)35(39)33(27-16-9-5-10-17-27)34(38)28-18-11-6-12-19-28/h4-19,21-25,31,33H,3,20H2,1-2H3/b21-13+. The predicted molar refractivity (Wildman–Crippen MR) is 160 cm³/mol. The third-order valence-corrected chi connectivity index (χ3v) is 6.68. The number of ketones is 1. The third-order valence-electron chi connectivity index (χ3n) is 6.68. The molecule has 0 heterocycles. The van der Waals surface area contributed by atoms with E-state index in [9.17, 15) is 14.4 Å². The zero-order valence-corrected chi connectivity index (χ0v) is 23.2. The van der Waals surface area contributed by atoms with Crippen molar-refractivity contribution in [3.63, 3.8) is 0 Å². The first-order valence-corrected chi connectivity index (χ1v) is 13.5. The molecule has 4 aromatic rings. The Morgan fingerprint density at radius 2 is 1.32 bits per heavy atom. The molecule has 6 nitrogen and oxygen atoms in total. The normalized spacial score (nSPS) is 12.3. The average Bonchev–Trinajstić information content (AvgIpc) is 3.02. The summed E-state index contributed by atoms with van der Waals surface area (Å²) in [4.78, 5) is 42.6. The second kappa shape index (κ2) is 14.4. The topological polar surface area (TPSA) is 72.9 Å². The van der Waals surface area contributed by atoms with E-state index < -0.39 is 17.9 Å². The number of carbonyl (C=O) groups is 3. The Balaban J connectivity index is 1.86. The molecule has 1 amide bonds. The van der Waals surface area contributed by atoms with Gasteiger partial charge in [-0.25, -0.2) is 4.79 Å². The zero-order chi connectivity index (χ0) is 29.0. The first-order chi connectivity index (χ1) is 20.0.